The molecule has 1 amide bonds. The summed E-state index contributed by atoms with van der Waals surface area (Å²) in [6.07, 6.45) is 7.44. The van der Waals surface area contributed by atoms with E-state index >= 15 is 0 Å². The van der Waals surface area contributed by atoms with Gasteiger partial charge in [-0.25, -0.2) is 4.79 Å². The molecule has 0 aromatic heterocycles. The fourth-order valence-electron chi connectivity index (χ4n) is 2.23. The van der Waals surface area contributed by atoms with Gasteiger partial charge in [-0.1, -0.05) is 39.0 Å². The second-order valence-corrected chi connectivity index (χ2v) is 7.05. The molecule has 0 saturated carbocycles. The summed E-state index contributed by atoms with van der Waals surface area (Å²) in [5.41, 5.74) is -0.438. The van der Waals surface area contributed by atoms with Crippen LogP contribution in [-0.4, -0.2) is 30.3 Å². The predicted molar refractivity (Wildman–Crippen MR) is 89.7 cm³/mol. The van der Waals surface area contributed by atoms with Crippen LogP contribution in [0.5, 0.6) is 0 Å². The van der Waals surface area contributed by atoms with Crippen LogP contribution in [0.4, 0.5) is 4.79 Å². The number of unbranched alkanes of at least 4 members (excludes halogenated alkanes) is 4. The Morgan fingerprint density at radius 2 is 1.67 bits per heavy atom. The second kappa shape index (κ2) is 10.9. The number of carbonyl (C=O) groups is 1. The molecule has 126 valence electrons. The van der Waals surface area contributed by atoms with Crippen molar-refractivity contribution in [3.8, 4) is 0 Å². The van der Waals surface area contributed by atoms with Crippen LogP contribution in [0.1, 0.15) is 80.1 Å². The summed E-state index contributed by atoms with van der Waals surface area (Å²) in [7, 11) is 0. The molecule has 2 N–H and O–H groups in total. The van der Waals surface area contributed by atoms with Gasteiger partial charge in [0, 0.05) is 18.6 Å². The number of ether oxygens (including phenoxy) is 1. The zero-order valence-electron chi connectivity index (χ0n) is 14.9. The molecular weight excluding hydrogens is 264 g/mol. The monoisotopic (exact) mass is 300 g/mol. The SMILES string of the molecule is CCCCCCCC(C)NC(C)CNC(=O)OC(C)(C)C. The summed E-state index contributed by atoms with van der Waals surface area (Å²) in [6, 6.07) is 0.741. The zero-order chi connectivity index (χ0) is 16.3. The summed E-state index contributed by atoms with van der Waals surface area (Å²) < 4.78 is 5.22. The molecule has 4 heteroatoms. The van der Waals surface area contributed by atoms with E-state index in [-0.39, 0.29) is 12.1 Å². The predicted octanol–water partition coefficient (Wildman–Crippen LogP) is 4.24. The van der Waals surface area contributed by atoms with E-state index < -0.39 is 5.60 Å². The first-order valence-electron chi connectivity index (χ1n) is 8.47. The third-order valence-corrected chi connectivity index (χ3v) is 3.26. The van der Waals surface area contributed by atoms with Gasteiger partial charge >= 0.3 is 6.09 Å². The quantitative estimate of drug-likeness (QED) is 0.593. The Bertz CT molecular complexity index is 274. The summed E-state index contributed by atoms with van der Waals surface area (Å²) in [5, 5.41) is 6.32. The molecule has 0 saturated heterocycles. The van der Waals surface area contributed by atoms with Crippen LogP contribution in [0.25, 0.3) is 0 Å². The van der Waals surface area contributed by atoms with Gasteiger partial charge in [0.25, 0.3) is 0 Å². The van der Waals surface area contributed by atoms with Crippen LogP contribution in [0.2, 0.25) is 0 Å². The van der Waals surface area contributed by atoms with Gasteiger partial charge in [0.2, 0.25) is 0 Å². The van der Waals surface area contributed by atoms with Gasteiger partial charge in [-0.05, 0) is 41.0 Å². The van der Waals surface area contributed by atoms with Crippen molar-refractivity contribution in [2.75, 3.05) is 6.54 Å². The summed E-state index contributed by atoms with van der Waals surface area (Å²) in [4.78, 5) is 11.6. The number of rotatable bonds is 10. The maximum absolute atomic E-state index is 11.6. The number of carbonyl (C=O) groups excluding carboxylic acids is 1. The molecule has 21 heavy (non-hydrogen) atoms. The summed E-state index contributed by atoms with van der Waals surface area (Å²) >= 11 is 0. The first kappa shape index (κ1) is 20.2. The lowest BCUT2D eigenvalue weighted by atomic mass is 10.1. The molecule has 2 unspecified atom stereocenters. The number of hydrogen-bond donors (Lipinski definition) is 2. The van der Waals surface area contributed by atoms with E-state index in [1.54, 1.807) is 0 Å². The van der Waals surface area contributed by atoms with Gasteiger partial charge in [-0.15, -0.1) is 0 Å². The van der Waals surface area contributed by atoms with Gasteiger partial charge in [0.15, 0.2) is 0 Å². The molecule has 4 nitrogen and oxygen atoms in total. The van der Waals surface area contributed by atoms with Gasteiger partial charge in [0.1, 0.15) is 5.60 Å². The van der Waals surface area contributed by atoms with Crippen molar-refractivity contribution in [1.82, 2.24) is 10.6 Å². The topological polar surface area (TPSA) is 50.4 Å². The summed E-state index contributed by atoms with van der Waals surface area (Å²) in [6.45, 7) is 12.7. The Hall–Kier alpha value is -0.770. The largest absolute Gasteiger partial charge is 0.444 e. The van der Waals surface area contributed by atoms with Crippen LogP contribution in [0.3, 0.4) is 0 Å². The second-order valence-electron chi connectivity index (χ2n) is 7.05. The maximum atomic E-state index is 11.6. The lowest BCUT2D eigenvalue weighted by molar-refractivity contribution is 0.0522. The lowest BCUT2D eigenvalue weighted by Crippen LogP contribution is -2.44. The zero-order valence-corrected chi connectivity index (χ0v) is 14.9. The highest BCUT2D eigenvalue weighted by molar-refractivity contribution is 5.67. The highest BCUT2D eigenvalue weighted by Gasteiger charge is 2.16. The van der Waals surface area contributed by atoms with E-state index in [4.69, 9.17) is 4.74 Å². The Morgan fingerprint density at radius 1 is 1.05 bits per heavy atom. The van der Waals surface area contributed by atoms with Gasteiger partial charge in [-0.2, -0.15) is 0 Å². The molecular formula is C17H36N2O2. The Labute approximate surface area is 131 Å². The van der Waals surface area contributed by atoms with Crippen LogP contribution >= 0.6 is 0 Å². The van der Waals surface area contributed by atoms with Crippen molar-refractivity contribution in [3.05, 3.63) is 0 Å². The molecule has 0 rings (SSSR count). The number of amides is 1. The van der Waals surface area contributed by atoms with E-state index in [2.05, 4.69) is 31.4 Å². The Morgan fingerprint density at radius 3 is 2.24 bits per heavy atom. The number of alkyl carbamates (subject to hydrolysis) is 1. The minimum atomic E-state index is -0.438. The Balaban J connectivity index is 3.68. The van der Waals surface area contributed by atoms with Crippen molar-refractivity contribution in [2.24, 2.45) is 0 Å². The molecule has 0 aliphatic carbocycles. The van der Waals surface area contributed by atoms with E-state index in [0.717, 1.165) is 0 Å². The Kier molecular flexibility index (Phi) is 10.5. The van der Waals surface area contributed by atoms with E-state index in [9.17, 15) is 4.79 Å². The van der Waals surface area contributed by atoms with E-state index in [0.29, 0.717) is 12.6 Å². The highest BCUT2D eigenvalue weighted by Crippen LogP contribution is 2.08. The van der Waals surface area contributed by atoms with Crippen molar-refractivity contribution in [1.29, 1.82) is 0 Å². The first-order chi connectivity index (χ1) is 9.74. The molecule has 0 spiro atoms. The van der Waals surface area contributed by atoms with Crippen LogP contribution in [0.15, 0.2) is 0 Å². The molecule has 0 aliphatic heterocycles. The van der Waals surface area contributed by atoms with Crippen LogP contribution < -0.4 is 10.6 Å². The normalized spacial score (nSPS) is 14.6. The van der Waals surface area contributed by atoms with Crippen LogP contribution in [-0.2, 0) is 4.74 Å². The fourth-order valence-corrected chi connectivity index (χ4v) is 2.23. The van der Waals surface area contributed by atoms with E-state index in [1.165, 1.54) is 38.5 Å². The molecule has 0 fully saturated rings. The van der Waals surface area contributed by atoms with Gasteiger partial charge < -0.3 is 15.4 Å². The molecule has 0 aliphatic rings. The van der Waals surface area contributed by atoms with E-state index in [1.807, 2.05) is 20.8 Å². The van der Waals surface area contributed by atoms with Crippen LogP contribution in [0, 0.1) is 0 Å². The van der Waals surface area contributed by atoms with Crippen molar-refractivity contribution >= 4 is 6.09 Å². The molecule has 0 aromatic rings. The van der Waals surface area contributed by atoms with Crippen molar-refractivity contribution in [3.63, 3.8) is 0 Å². The van der Waals surface area contributed by atoms with Crippen molar-refractivity contribution < 1.29 is 9.53 Å². The lowest BCUT2D eigenvalue weighted by Gasteiger charge is -2.23. The molecule has 0 bridgehead atoms. The third kappa shape index (κ3) is 13.9. The fraction of sp³-hybridized carbons (Fsp3) is 0.941. The number of hydrogen-bond acceptors (Lipinski definition) is 3. The standard InChI is InChI=1S/C17H36N2O2/c1-7-8-9-10-11-12-14(2)19-15(3)13-18-16(20)21-17(4,5)6/h14-15,19H,7-13H2,1-6H3,(H,18,20). The van der Waals surface area contributed by atoms with Crippen molar-refractivity contribution in [2.45, 2.75) is 97.8 Å². The average Bonchev–Trinajstić information content (AvgIpc) is 2.34. The smallest absolute Gasteiger partial charge is 0.407 e. The maximum Gasteiger partial charge on any atom is 0.407 e. The van der Waals surface area contributed by atoms with Gasteiger partial charge in [-0.3, -0.25) is 0 Å². The first-order valence-corrected chi connectivity index (χ1v) is 8.47. The van der Waals surface area contributed by atoms with Gasteiger partial charge in [0.05, 0.1) is 0 Å². The minimum absolute atomic E-state index is 0.253. The number of nitrogens with one attached hydrogen (secondary N) is 2. The molecule has 0 aromatic carbocycles. The highest BCUT2D eigenvalue weighted by atomic mass is 16.6. The molecule has 0 radical (unpaired) electrons. The summed E-state index contributed by atoms with van der Waals surface area (Å²) in [5.74, 6) is 0. The molecule has 0 heterocycles. The molecule has 2 atom stereocenters. The third-order valence-electron chi connectivity index (χ3n) is 3.26. The average molecular weight is 300 g/mol. The minimum Gasteiger partial charge on any atom is -0.444 e.